The van der Waals surface area contributed by atoms with Crippen molar-refractivity contribution in [2.24, 2.45) is 0 Å². The van der Waals surface area contributed by atoms with Crippen LogP contribution >= 0.6 is 0 Å². The highest BCUT2D eigenvalue weighted by Crippen LogP contribution is 2.37. The fraction of sp³-hybridized carbons (Fsp3) is 0.316. The van der Waals surface area contributed by atoms with Crippen LogP contribution in [0.2, 0.25) is 0 Å². The van der Waals surface area contributed by atoms with Crippen molar-refractivity contribution < 1.29 is 9.53 Å². The molecule has 2 aromatic carbocycles. The first-order valence-electron chi connectivity index (χ1n) is 7.95. The maximum absolute atomic E-state index is 12.7. The smallest absolute Gasteiger partial charge is 0.257 e. The number of amides is 1. The first-order valence-corrected chi connectivity index (χ1v) is 7.95. The maximum atomic E-state index is 12.7. The first-order chi connectivity index (χ1) is 11.1. The summed E-state index contributed by atoms with van der Waals surface area (Å²) >= 11 is 0. The zero-order valence-electron chi connectivity index (χ0n) is 13.8. The molecule has 3 rings (SSSR count). The first kappa shape index (κ1) is 15.4. The van der Waals surface area contributed by atoms with E-state index in [0.717, 1.165) is 23.4 Å². The van der Waals surface area contributed by atoms with Gasteiger partial charge in [0.1, 0.15) is 11.4 Å². The second kappa shape index (κ2) is 5.95. The lowest BCUT2D eigenvalue weighted by Gasteiger charge is -2.44. The van der Waals surface area contributed by atoms with Gasteiger partial charge >= 0.3 is 0 Å². The van der Waals surface area contributed by atoms with Crippen molar-refractivity contribution in [3.05, 3.63) is 59.7 Å². The number of para-hydroxylation sites is 1. The van der Waals surface area contributed by atoms with Gasteiger partial charge in [-0.3, -0.25) is 4.79 Å². The second-order valence-corrected chi connectivity index (χ2v) is 5.98. The van der Waals surface area contributed by atoms with Crippen molar-refractivity contribution in [2.45, 2.75) is 25.9 Å². The van der Waals surface area contributed by atoms with Gasteiger partial charge in [0.15, 0.2) is 0 Å². The fourth-order valence-electron chi connectivity index (χ4n) is 2.88. The molecule has 4 nitrogen and oxygen atoms in total. The van der Waals surface area contributed by atoms with E-state index in [0.29, 0.717) is 12.2 Å². The molecule has 1 N–H and O–H groups in total. The Kier molecular flexibility index (Phi) is 3.99. The number of nitrogens with zero attached hydrogens (tertiary/aromatic N) is 1. The van der Waals surface area contributed by atoms with Crippen molar-refractivity contribution in [1.29, 1.82) is 0 Å². The number of carbonyl (C=O) groups excluding carboxylic acids is 1. The molecule has 1 unspecified atom stereocenters. The molecular weight excluding hydrogens is 288 g/mol. The monoisotopic (exact) mass is 310 g/mol. The Balaban J connectivity index is 2.00. The molecule has 1 amide bonds. The number of fused-ring (bicyclic) bond motifs is 1. The maximum Gasteiger partial charge on any atom is 0.257 e. The van der Waals surface area contributed by atoms with Crippen LogP contribution in [0.4, 0.5) is 5.69 Å². The molecule has 0 aliphatic carbocycles. The molecule has 1 aliphatic rings. The Morgan fingerprint density at radius 3 is 2.74 bits per heavy atom. The van der Waals surface area contributed by atoms with Gasteiger partial charge in [0, 0.05) is 18.3 Å². The summed E-state index contributed by atoms with van der Waals surface area (Å²) in [6, 6.07) is 15.5. The van der Waals surface area contributed by atoms with E-state index in [-0.39, 0.29) is 5.91 Å². The number of rotatable bonds is 4. The molecule has 1 heterocycles. The second-order valence-electron chi connectivity index (χ2n) is 5.98. The van der Waals surface area contributed by atoms with Gasteiger partial charge in [0.25, 0.3) is 5.91 Å². The van der Waals surface area contributed by atoms with Gasteiger partial charge in [0.05, 0.1) is 12.2 Å². The third-order valence-corrected chi connectivity index (χ3v) is 4.38. The normalized spacial score (nSPS) is 20.0. The summed E-state index contributed by atoms with van der Waals surface area (Å²) in [4.78, 5) is 14.5. The van der Waals surface area contributed by atoms with Gasteiger partial charge in [-0.15, -0.1) is 0 Å². The average molecular weight is 310 g/mol. The SMILES string of the molecule is CCCOc1cccc(C2(C)Nc3ccccc3C(=O)N2C)c1. The predicted molar refractivity (Wildman–Crippen MR) is 91.7 cm³/mol. The number of anilines is 1. The minimum atomic E-state index is -0.614. The molecule has 0 radical (unpaired) electrons. The van der Waals surface area contributed by atoms with Crippen LogP contribution in [0.1, 0.15) is 36.2 Å². The van der Waals surface area contributed by atoms with Crippen molar-refractivity contribution in [3.8, 4) is 5.75 Å². The van der Waals surface area contributed by atoms with Gasteiger partial charge in [-0.2, -0.15) is 0 Å². The van der Waals surface area contributed by atoms with Crippen molar-refractivity contribution in [2.75, 3.05) is 19.0 Å². The quantitative estimate of drug-likeness (QED) is 0.932. The molecular formula is C19H22N2O2. The van der Waals surface area contributed by atoms with Crippen LogP contribution in [-0.2, 0) is 5.66 Å². The summed E-state index contributed by atoms with van der Waals surface area (Å²) in [5, 5.41) is 3.50. The van der Waals surface area contributed by atoms with Crippen LogP contribution in [0.25, 0.3) is 0 Å². The Morgan fingerprint density at radius 2 is 1.96 bits per heavy atom. The van der Waals surface area contributed by atoms with Crippen molar-refractivity contribution in [3.63, 3.8) is 0 Å². The van der Waals surface area contributed by atoms with E-state index >= 15 is 0 Å². The van der Waals surface area contributed by atoms with E-state index < -0.39 is 5.66 Å². The highest BCUT2D eigenvalue weighted by molar-refractivity contribution is 6.02. The lowest BCUT2D eigenvalue weighted by Crippen LogP contribution is -2.53. The van der Waals surface area contributed by atoms with Gasteiger partial charge in [-0.25, -0.2) is 0 Å². The van der Waals surface area contributed by atoms with E-state index in [2.05, 4.69) is 12.2 Å². The molecule has 0 saturated heterocycles. The highest BCUT2D eigenvalue weighted by atomic mass is 16.5. The molecule has 1 atom stereocenters. The number of carbonyl (C=O) groups is 1. The molecule has 120 valence electrons. The third kappa shape index (κ3) is 2.65. The number of hydrogen-bond acceptors (Lipinski definition) is 3. The zero-order chi connectivity index (χ0) is 16.4. The third-order valence-electron chi connectivity index (χ3n) is 4.38. The molecule has 1 aliphatic heterocycles. The summed E-state index contributed by atoms with van der Waals surface area (Å²) in [5.41, 5.74) is 1.94. The van der Waals surface area contributed by atoms with E-state index in [1.54, 1.807) is 4.90 Å². The predicted octanol–water partition coefficient (Wildman–Crippen LogP) is 3.85. The molecule has 2 aromatic rings. The van der Waals surface area contributed by atoms with Crippen LogP contribution in [0.15, 0.2) is 48.5 Å². The Bertz CT molecular complexity index is 729. The van der Waals surface area contributed by atoms with Gasteiger partial charge < -0.3 is 15.0 Å². The minimum absolute atomic E-state index is 0.0155. The fourth-order valence-corrected chi connectivity index (χ4v) is 2.88. The van der Waals surface area contributed by atoms with Crippen LogP contribution in [0.3, 0.4) is 0 Å². The van der Waals surface area contributed by atoms with Gasteiger partial charge in [-0.05, 0) is 37.6 Å². The molecule has 0 spiro atoms. The Hall–Kier alpha value is -2.49. The van der Waals surface area contributed by atoms with E-state index in [4.69, 9.17) is 4.74 Å². The molecule has 0 fully saturated rings. The summed E-state index contributed by atoms with van der Waals surface area (Å²) in [6.07, 6.45) is 0.964. The lowest BCUT2D eigenvalue weighted by atomic mass is 9.94. The van der Waals surface area contributed by atoms with Gasteiger partial charge in [0.2, 0.25) is 0 Å². The molecule has 23 heavy (non-hydrogen) atoms. The number of ether oxygens (including phenoxy) is 1. The van der Waals surface area contributed by atoms with Gasteiger partial charge in [-0.1, -0.05) is 31.2 Å². The summed E-state index contributed by atoms with van der Waals surface area (Å²) < 4.78 is 5.73. The highest BCUT2D eigenvalue weighted by Gasteiger charge is 2.40. The Morgan fingerprint density at radius 1 is 1.17 bits per heavy atom. The van der Waals surface area contributed by atoms with Crippen molar-refractivity contribution in [1.82, 2.24) is 4.90 Å². The largest absolute Gasteiger partial charge is 0.494 e. The summed E-state index contributed by atoms with van der Waals surface area (Å²) in [5.74, 6) is 0.841. The summed E-state index contributed by atoms with van der Waals surface area (Å²) in [7, 11) is 1.82. The van der Waals surface area contributed by atoms with Crippen molar-refractivity contribution >= 4 is 11.6 Å². The number of benzene rings is 2. The zero-order valence-corrected chi connectivity index (χ0v) is 13.8. The van der Waals surface area contributed by atoms with E-state index in [9.17, 15) is 4.79 Å². The number of nitrogens with one attached hydrogen (secondary N) is 1. The summed E-state index contributed by atoms with van der Waals surface area (Å²) in [6.45, 7) is 4.78. The topological polar surface area (TPSA) is 41.6 Å². The van der Waals surface area contributed by atoms with Crippen LogP contribution in [0, 0.1) is 0 Å². The standard InChI is InChI=1S/C19H22N2O2/c1-4-12-23-15-9-7-8-14(13-15)19(2)20-17-11-6-5-10-16(17)18(22)21(19)3/h5-11,13,20H,4,12H2,1-3H3. The molecule has 4 heteroatoms. The molecule has 0 aromatic heterocycles. The lowest BCUT2D eigenvalue weighted by molar-refractivity contribution is 0.0615. The van der Waals surface area contributed by atoms with Crippen LogP contribution in [0.5, 0.6) is 5.75 Å². The van der Waals surface area contributed by atoms with E-state index in [1.807, 2.05) is 62.5 Å². The minimum Gasteiger partial charge on any atom is -0.494 e. The van der Waals surface area contributed by atoms with E-state index in [1.165, 1.54) is 0 Å². The number of hydrogen-bond donors (Lipinski definition) is 1. The van der Waals surface area contributed by atoms with Crippen LogP contribution < -0.4 is 10.1 Å². The molecule has 0 bridgehead atoms. The van der Waals surface area contributed by atoms with Crippen LogP contribution in [-0.4, -0.2) is 24.5 Å². The average Bonchev–Trinajstić information content (AvgIpc) is 2.58. The molecule has 0 saturated carbocycles. The Labute approximate surface area is 137 Å².